The van der Waals surface area contributed by atoms with E-state index in [1.54, 1.807) is 0 Å². The number of benzene rings is 1. The van der Waals surface area contributed by atoms with Gasteiger partial charge in [0.25, 0.3) is 5.91 Å². The Morgan fingerprint density at radius 2 is 1.82 bits per heavy atom. The molecule has 1 heterocycles. The molecule has 0 aliphatic carbocycles. The standard InChI is InChI=1S/C18H26F3N3O3S/c1-14(2)7-8-22-17(25)13-23-9-11-24(12-10-23)28(26,27)16-6-4-3-5-15(16)18(19,20)21/h3-6,14H,7-13H2,1-2H3,(H,22,25)/p+1. The molecule has 0 bridgehead atoms. The van der Waals surface area contributed by atoms with Crippen LogP contribution in [0, 0.1) is 5.92 Å². The van der Waals surface area contributed by atoms with Gasteiger partial charge in [0.2, 0.25) is 10.0 Å². The minimum atomic E-state index is -4.75. The van der Waals surface area contributed by atoms with Crippen molar-refractivity contribution in [3.8, 4) is 0 Å². The van der Waals surface area contributed by atoms with Crippen LogP contribution in [-0.2, 0) is 21.0 Å². The fourth-order valence-corrected chi connectivity index (χ4v) is 4.73. The van der Waals surface area contributed by atoms with E-state index in [0.717, 1.165) is 27.8 Å². The summed E-state index contributed by atoms with van der Waals surface area (Å²) >= 11 is 0. The Kier molecular flexibility index (Phi) is 7.46. The molecule has 158 valence electrons. The molecule has 1 aromatic carbocycles. The Morgan fingerprint density at radius 3 is 2.39 bits per heavy atom. The first-order chi connectivity index (χ1) is 13.0. The molecule has 1 saturated heterocycles. The SMILES string of the molecule is CC(C)CCNC(=O)C[NH+]1CCN(S(=O)(=O)c2ccccc2C(F)(F)F)CC1. The van der Waals surface area contributed by atoms with Crippen molar-refractivity contribution >= 4 is 15.9 Å². The van der Waals surface area contributed by atoms with Gasteiger partial charge in [0.1, 0.15) is 0 Å². The molecule has 1 aliphatic heterocycles. The maximum atomic E-state index is 13.2. The molecular formula is C18H27F3N3O3S+. The molecule has 0 saturated carbocycles. The first-order valence-electron chi connectivity index (χ1n) is 9.28. The average molecular weight is 422 g/mol. The third kappa shape index (κ3) is 5.92. The van der Waals surface area contributed by atoms with E-state index in [4.69, 9.17) is 0 Å². The zero-order chi connectivity index (χ0) is 20.9. The summed E-state index contributed by atoms with van der Waals surface area (Å²) in [5.41, 5.74) is -1.16. The van der Waals surface area contributed by atoms with E-state index in [0.29, 0.717) is 25.6 Å². The number of nitrogens with one attached hydrogen (secondary N) is 2. The van der Waals surface area contributed by atoms with Crippen LogP contribution in [0.25, 0.3) is 0 Å². The van der Waals surface area contributed by atoms with Crippen molar-refractivity contribution in [2.75, 3.05) is 39.3 Å². The highest BCUT2D eigenvalue weighted by Gasteiger charge is 2.40. The number of piperazine rings is 1. The summed E-state index contributed by atoms with van der Waals surface area (Å²) in [6, 6.07) is 4.21. The van der Waals surface area contributed by atoms with E-state index < -0.39 is 26.7 Å². The molecule has 1 aliphatic rings. The molecule has 10 heteroatoms. The molecule has 6 nitrogen and oxygen atoms in total. The first-order valence-corrected chi connectivity index (χ1v) is 10.7. The quantitative estimate of drug-likeness (QED) is 0.682. The van der Waals surface area contributed by atoms with Crippen molar-refractivity contribution in [1.29, 1.82) is 0 Å². The van der Waals surface area contributed by atoms with Crippen LogP contribution in [0.5, 0.6) is 0 Å². The van der Waals surface area contributed by atoms with Gasteiger partial charge in [-0.05, 0) is 24.5 Å². The molecule has 1 amide bonds. The van der Waals surface area contributed by atoms with Crippen molar-refractivity contribution in [2.45, 2.75) is 31.3 Å². The van der Waals surface area contributed by atoms with Gasteiger partial charge in [-0.2, -0.15) is 17.5 Å². The van der Waals surface area contributed by atoms with Gasteiger partial charge in [-0.1, -0.05) is 26.0 Å². The minimum Gasteiger partial charge on any atom is -0.351 e. The number of halogens is 3. The van der Waals surface area contributed by atoms with Gasteiger partial charge in [-0.15, -0.1) is 0 Å². The molecule has 0 atom stereocenters. The van der Waals surface area contributed by atoms with Crippen LogP contribution in [0.4, 0.5) is 13.2 Å². The molecule has 0 radical (unpaired) electrons. The summed E-state index contributed by atoms with van der Waals surface area (Å²) in [4.78, 5) is 12.1. The first kappa shape index (κ1) is 22.6. The normalized spacial score (nSPS) is 17.1. The van der Waals surface area contributed by atoms with Crippen molar-refractivity contribution < 1.29 is 31.3 Å². The molecule has 0 aromatic heterocycles. The van der Waals surface area contributed by atoms with Gasteiger partial charge in [-0.25, -0.2) is 8.42 Å². The second kappa shape index (κ2) is 9.23. The zero-order valence-corrected chi connectivity index (χ0v) is 16.9. The summed E-state index contributed by atoms with van der Waals surface area (Å²) in [6.07, 6.45) is -3.86. The van der Waals surface area contributed by atoms with Gasteiger partial charge in [0, 0.05) is 6.54 Å². The second-order valence-corrected chi connectivity index (χ2v) is 9.26. The van der Waals surface area contributed by atoms with Crippen molar-refractivity contribution in [1.82, 2.24) is 9.62 Å². The van der Waals surface area contributed by atoms with Gasteiger partial charge in [-0.3, -0.25) is 4.79 Å². The molecule has 2 rings (SSSR count). The molecular weight excluding hydrogens is 395 g/mol. The molecule has 1 aromatic rings. The number of rotatable bonds is 7. The highest BCUT2D eigenvalue weighted by molar-refractivity contribution is 7.89. The van der Waals surface area contributed by atoms with Crippen LogP contribution in [0.1, 0.15) is 25.8 Å². The predicted octanol–water partition coefficient (Wildman–Crippen LogP) is 0.757. The number of quaternary nitrogens is 1. The zero-order valence-electron chi connectivity index (χ0n) is 16.1. The van der Waals surface area contributed by atoms with Gasteiger partial charge in [0.05, 0.1) is 36.6 Å². The van der Waals surface area contributed by atoms with Crippen LogP contribution in [0.3, 0.4) is 0 Å². The van der Waals surface area contributed by atoms with Gasteiger partial charge >= 0.3 is 6.18 Å². The smallest absolute Gasteiger partial charge is 0.351 e. The summed E-state index contributed by atoms with van der Waals surface area (Å²) in [5, 5.41) is 2.84. The Bertz CT molecular complexity index is 774. The third-order valence-corrected chi connectivity index (χ3v) is 6.65. The number of carbonyl (C=O) groups excluding carboxylic acids is 1. The highest BCUT2D eigenvalue weighted by atomic mass is 32.2. The number of nitrogens with zero attached hydrogens (tertiary/aromatic N) is 1. The monoisotopic (exact) mass is 422 g/mol. The van der Waals surface area contributed by atoms with E-state index in [1.807, 2.05) is 0 Å². The van der Waals surface area contributed by atoms with Crippen LogP contribution in [0.15, 0.2) is 29.2 Å². The fraction of sp³-hybridized carbons (Fsp3) is 0.611. The van der Waals surface area contributed by atoms with E-state index in [-0.39, 0.29) is 25.5 Å². The van der Waals surface area contributed by atoms with E-state index in [9.17, 15) is 26.4 Å². The topological polar surface area (TPSA) is 70.9 Å². The summed E-state index contributed by atoms with van der Waals surface area (Å²) in [7, 11) is -4.25. The maximum Gasteiger partial charge on any atom is 0.417 e. The number of alkyl halides is 3. The van der Waals surface area contributed by atoms with Crippen LogP contribution >= 0.6 is 0 Å². The third-order valence-electron chi connectivity index (χ3n) is 4.69. The van der Waals surface area contributed by atoms with Crippen molar-refractivity contribution in [3.05, 3.63) is 29.8 Å². The number of amides is 1. The lowest BCUT2D eigenvalue weighted by Gasteiger charge is -2.31. The van der Waals surface area contributed by atoms with Crippen LogP contribution < -0.4 is 10.2 Å². The lowest BCUT2D eigenvalue weighted by molar-refractivity contribution is -0.895. The Labute approximate surface area is 163 Å². The number of sulfonamides is 1. The molecule has 1 fully saturated rings. The lowest BCUT2D eigenvalue weighted by atomic mass is 10.1. The fourth-order valence-electron chi connectivity index (χ4n) is 3.07. The van der Waals surface area contributed by atoms with Crippen LogP contribution in [0.2, 0.25) is 0 Å². The Balaban J connectivity index is 1.97. The minimum absolute atomic E-state index is 0.0726. The molecule has 0 spiro atoms. The number of hydrogen-bond acceptors (Lipinski definition) is 3. The number of carbonyl (C=O) groups is 1. The molecule has 2 N–H and O–H groups in total. The van der Waals surface area contributed by atoms with E-state index >= 15 is 0 Å². The van der Waals surface area contributed by atoms with E-state index in [2.05, 4.69) is 19.2 Å². The van der Waals surface area contributed by atoms with Gasteiger partial charge < -0.3 is 10.2 Å². The Morgan fingerprint density at radius 1 is 1.21 bits per heavy atom. The second-order valence-electron chi connectivity index (χ2n) is 7.36. The Hall–Kier alpha value is -1.65. The van der Waals surface area contributed by atoms with Gasteiger partial charge in [0.15, 0.2) is 6.54 Å². The molecule has 0 unspecified atom stereocenters. The van der Waals surface area contributed by atoms with E-state index in [1.165, 1.54) is 12.1 Å². The largest absolute Gasteiger partial charge is 0.417 e. The molecule has 28 heavy (non-hydrogen) atoms. The summed E-state index contributed by atoms with van der Waals surface area (Å²) < 4.78 is 66.0. The maximum absolute atomic E-state index is 13.2. The lowest BCUT2D eigenvalue weighted by Crippen LogP contribution is -3.15. The van der Waals surface area contributed by atoms with Crippen molar-refractivity contribution in [3.63, 3.8) is 0 Å². The number of hydrogen-bond donors (Lipinski definition) is 2. The van der Waals surface area contributed by atoms with Crippen molar-refractivity contribution in [2.24, 2.45) is 5.92 Å². The highest BCUT2D eigenvalue weighted by Crippen LogP contribution is 2.35. The summed E-state index contributed by atoms with van der Waals surface area (Å²) in [5.74, 6) is 0.385. The summed E-state index contributed by atoms with van der Waals surface area (Å²) in [6.45, 7) is 5.83. The average Bonchev–Trinajstić information content (AvgIpc) is 2.61. The van der Waals surface area contributed by atoms with Crippen LogP contribution in [-0.4, -0.2) is 57.9 Å². The predicted molar refractivity (Wildman–Crippen MR) is 98.2 cm³/mol.